The van der Waals surface area contributed by atoms with Crippen molar-refractivity contribution in [3.05, 3.63) is 18.4 Å². The number of hydrogen-bond acceptors (Lipinski definition) is 3. The molecule has 0 saturated heterocycles. The Balaban J connectivity index is -0.0000000204. The lowest BCUT2D eigenvalue weighted by molar-refractivity contribution is 0.240. The van der Waals surface area contributed by atoms with Crippen molar-refractivity contribution in [2.45, 2.75) is 6.61 Å². The van der Waals surface area contributed by atoms with Crippen LogP contribution in [0.5, 0.6) is 0 Å². The number of nitrogens with zero attached hydrogens (tertiary/aromatic N) is 1. The van der Waals surface area contributed by atoms with Gasteiger partial charge in [-0.05, 0) is 0 Å². The van der Waals surface area contributed by atoms with Gasteiger partial charge in [0, 0.05) is 0 Å². The highest BCUT2D eigenvalue weighted by Crippen LogP contribution is 1.90. The van der Waals surface area contributed by atoms with Gasteiger partial charge in [-0.25, -0.2) is 4.98 Å². The summed E-state index contributed by atoms with van der Waals surface area (Å²) in [7, 11) is 0. The molecule has 0 radical (unpaired) electrons. The van der Waals surface area contributed by atoms with E-state index < -0.39 is 0 Å². The second-order valence-corrected chi connectivity index (χ2v) is 1.08. The zero-order valence-corrected chi connectivity index (χ0v) is 9.56. The lowest BCUT2D eigenvalue weighted by Gasteiger charge is -1.77. The maximum Gasteiger partial charge on any atom is 0.219 e. The Labute approximate surface area is 100 Å². The molecule has 1 heterocycles. The van der Waals surface area contributed by atoms with Crippen molar-refractivity contribution in [1.82, 2.24) is 4.98 Å². The number of oxazole rings is 1. The van der Waals surface area contributed by atoms with E-state index in [0.29, 0.717) is 5.89 Å². The van der Waals surface area contributed by atoms with E-state index in [0.717, 1.165) is 0 Å². The van der Waals surface area contributed by atoms with Gasteiger partial charge in [0.15, 0.2) is 0 Å². The van der Waals surface area contributed by atoms with Crippen LogP contribution in [-0.2, 0) is 6.61 Å². The van der Waals surface area contributed by atoms with Crippen LogP contribution in [0.1, 0.15) is 5.89 Å². The van der Waals surface area contributed by atoms with Crippen LogP contribution in [-0.4, -0.2) is 21.0 Å². The minimum Gasteiger partial charge on any atom is -0.446 e. The van der Waals surface area contributed by atoms with Gasteiger partial charge in [-0.3, -0.25) is 0 Å². The Morgan fingerprint density at radius 3 is 1.77 bits per heavy atom. The first kappa shape index (κ1) is 37.8. The summed E-state index contributed by atoms with van der Waals surface area (Å²) in [4.78, 5) is 3.62. The Hall–Kier alpha value is 0.250. The molecule has 1 aromatic heterocycles. The molecular weight excluding hydrogens is 268 g/mol. The van der Waals surface area contributed by atoms with Gasteiger partial charge in [0.05, 0.1) is 6.20 Å². The molecule has 0 fully saturated rings. The van der Waals surface area contributed by atoms with Gasteiger partial charge in [-0.2, -0.15) is 0 Å². The number of aliphatic hydroxyl groups is 1. The van der Waals surface area contributed by atoms with Gasteiger partial charge in [-0.15, -0.1) is 49.6 Å². The topological polar surface area (TPSA) is 109 Å². The highest BCUT2D eigenvalue weighted by atomic mass is 35.5. The Morgan fingerprint density at radius 1 is 1.15 bits per heavy atom. The second kappa shape index (κ2) is 22.8. The first-order valence-corrected chi connectivity index (χ1v) is 1.92. The molecule has 1 aromatic rings. The van der Waals surface area contributed by atoms with Gasteiger partial charge in [0.25, 0.3) is 0 Å². The third kappa shape index (κ3) is 15.0. The molecule has 0 saturated carbocycles. The molecular formula is C4H13Cl4NO4. The van der Waals surface area contributed by atoms with Crippen LogP contribution in [0, 0.1) is 0 Å². The summed E-state index contributed by atoms with van der Waals surface area (Å²) in [6.07, 6.45) is 2.91. The predicted octanol–water partition coefficient (Wildman–Crippen LogP) is 0.205. The summed E-state index contributed by atoms with van der Waals surface area (Å²) in [6, 6.07) is 0. The van der Waals surface area contributed by atoms with E-state index in [9.17, 15) is 0 Å². The minimum atomic E-state index is -0.118. The summed E-state index contributed by atoms with van der Waals surface area (Å²) in [5.74, 6) is 0.361. The molecule has 0 bridgehead atoms. The maximum absolute atomic E-state index is 8.27. The van der Waals surface area contributed by atoms with Crippen LogP contribution in [0.3, 0.4) is 0 Å². The third-order valence-electron chi connectivity index (χ3n) is 0.619. The Bertz CT molecular complexity index is 139. The van der Waals surface area contributed by atoms with Gasteiger partial charge in [0.2, 0.25) is 5.89 Å². The largest absolute Gasteiger partial charge is 0.446 e. The zero-order chi connectivity index (χ0) is 5.11. The molecule has 9 heteroatoms. The lowest BCUT2D eigenvalue weighted by atomic mass is 10.7. The average molecular weight is 281 g/mol. The Kier molecular flexibility index (Phi) is 66.3. The second-order valence-electron chi connectivity index (χ2n) is 1.08. The molecule has 5 nitrogen and oxygen atoms in total. The van der Waals surface area contributed by atoms with Gasteiger partial charge in [0.1, 0.15) is 12.9 Å². The molecule has 0 unspecified atom stereocenters. The monoisotopic (exact) mass is 279 g/mol. The molecule has 0 aliphatic heterocycles. The van der Waals surface area contributed by atoms with Gasteiger partial charge in [-0.1, -0.05) is 0 Å². The summed E-state index contributed by atoms with van der Waals surface area (Å²) in [5, 5.41) is 8.27. The van der Waals surface area contributed by atoms with E-state index in [2.05, 4.69) is 9.40 Å². The smallest absolute Gasteiger partial charge is 0.219 e. The lowest BCUT2D eigenvalue weighted by Crippen LogP contribution is -1.77. The SMILES string of the molecule is Cl.Cl.Cl.Cl.O.O.OCc1ncco1. The Morgan fingerprint density at radius 2 is 1.62 bits per heavy atom. The molecule has 0 amide bonds. The van der Waals surface area contributed by atoms with Crippen LogP contribution < -0.4 is 0 Å². The highest BCUT2D eigenvalue weighted by Gasteiger charge is 1.87. The van der Waals surface area contributed by atoms with Gasteiger partial charge >= 0.3 is 0 Å². The summed E-state index contributed by atoms with van der Waals surface area (Å²) in [5.41, 5.74) is 0. The fraction of sp³-hybridized carbons (Fsp3) is 0.250. The van der Waals surface area contributed by atoms with Crippen molar-refractivity contribution in [2.24, 2.45) is 0 Å². The third-order valence-corrected chi connectivity index (χ3v) is 0.619. The zero-order valence-electron chi connectivity index (χ0n) is 6.30. The van der Waals surface area contributed by atoms with E-state index in [1.807, 2.05) is 0 Å². The van der Waals surface area contributed by atoms with E-state index in [4.69, 9.17) is 5.11 Å². The van der Waals surface area contributed by atoms with Crippen molar-refractivity contribution < 1.29 is 20.5 Å². The molecule has 0 aliphatic carbocycles. The predicted molar refractivity (Wildman–Crippen MR) is 58.6 cm³/mol. The van der Waals surface area contributed by atoms with E-state index in [1.165, 1.54) is 12.5 Å². The van der Waals surface area contributed by atoms with Crippen molar-refractivity contribution in [3.8, 4) is 0 Å². The summed E-state index contributed by atoms with van der Waals surface area (Å²) < 4.78 is 4.62. The van der Waals surface area contributed by atoms with Crippen LogP contribution >= 0.6 is 49.6 Å². The van der Waals surface area contributed by atoms with Crippen LogP contribution in [0.25, 0.3) is 0 Å². The van der Waals surface area contributed by atoms with Crippen molar-refractivity contribution in [3.63, 3.8) is 0 Å². The number of rotatable bonds is 1. The fourth-order valence-corrected chi connectivity index (χ4v) is 0.331. The van der Waals surface area contributed by atoms with Crippen molar-refractivity contribution in [1.29, 1.82) is 0 Å². The number of halogens is 4. The maximum atomic E-state index is 8.27. The van der Waals surface area contributed by atoms with Crippen molar-refractivity contribution in [2.75, 3.05) is 0 Å². The normalized spacial score (nSPS) is 5.00. The number of hydrogen-bond donors (Lipinski definition) is 1. The van der Waals surface area contributed by atoms with Crippen molar-refractivity contribution >= 4 is 49.6 Å². The van der Waals surface area contributed by atoms with Crippen LogP contribution in [0.15, 0.2) is 16.9 Å². The molecule has 5 N–H and O–H groups in total. The van der Waals surface area contributed by atoms with E-state index >= 15 is 0 Å². The number of aromatic nitrogens is 1. The minimum absolute atomic E-state index is 0. The molecule has 13 heavy (non-hydrogen) atoms. The number of aliphatic hydroxyl groups excluding tert-OH is 1. The molecule has 1 rings (SSSR count). The summed E-state index contributed by atoms with van der Waals surface area (Å²) >= 11 is 0. The summed E-state index contributed by atoms with van der Waals surface area (Å²) in [6.45, 7) is -0.118. The average Bonchev–Trinajstić information content (AvgIpc) is 2.14. The van der Waals surface area contributed by atoms with Gasteiger partial charge < -0.3 is 20.5 Å². The highest BCUT2D eigenvalue weighted by molar-refractivity contribution is 5.86. The molecule has 86 valence electrons. The molecule has 0 aliphatic rings. The molecule has 0 atom stereocenters. The standard InChI is InChI=1S/C4H5NO2.4ClH.2H2O/c6-3-4-5-1-2-7-4;;;;;;/h1-2,6H,3H2;4*1H;2*1H2. The molecule has 0 aromatic carbocycles. The first-order chi connectivity index (χ1) is 3.43. The van der Waals surface area contributed by atoms with Crippen LogP contribution in [0.2, 0.25) is 0 Å². The van der Waals surface area contributed by atoms with E-state index in [-0.39, 0.29) is 67.2 Å². The van der Waals surface area contributed by atoms with Crippen LogP contribution in [0.4, 0.5) is 0 Å². The first-order valence-electron chi connectivity index (χ1n) is 1.92. The van der Waals surface area contributed by atoms with E-state index in [1.54, 1.807) is 0 Å². The molecule has 0 spiro atoms. The quantitative estimate of drug-likeness (QED) is 0.794. The fourth-order valence-electron chi connectivity index (χ4n) is 0.331.